The van der Waals surface area contributed by atoms with Crippen molar-refractivity contribution in [3.63, 3.8) is 0 Å². The van der Waals surface area contributed by atoms with E-state index in [-0.39, 0.29) is 17.7 Å². The van der Waals surface area contributed by atoms with Gasteiger partial charge < -0.3 is 25.5 Å². The summed E-state index contributed by atoms with van der Waals surface area (Å²) in [6.07, 6.45) is -0.229. The molecule has 3 aromatic carbocycles. The number of aromatic nitrogens is 2. The second kappa shape index (κ2) is 10.2. The van der Waals surface area contributed by atoms with Gasteiger partial charge in [-0.05, 0) is 69.3 Å². The van der Waals surface area contributed by atoms with Gasteiger partial charge in [-0.2, -0.15) is 0 Å². The molecule has 0 fully saturated rings. The van der Waals surface area contributed by atoms with E-state index in [4.69, 9.17) is 37.2 Å². The van der Waals surface area contributed by atoms with Crippen molar-refractivity contribution in [2.24, 2.45) is 5.73 Å². The van der Waals surface area contributed by atoms with Gasteiger partial charge in [-0.15, -0.1) is 0 Å². The number of halogens is 2. The van der Waals surface area contributed by atoms with Gasteiger partial charge in [0.05, 0.1) is 23.7 Å². The lowest BCUT2D eigenvalue weighted by Crippen LogP contribution is -2.18. The minimum Gasteiger partial charge on any atom is -0.494 e. The maximum Gasteiger partial charge on any atom is 0.171 e. The lowest BCUT2D eigenvalue weighted by Gasteiger charge is -2.22. The van der Waals surface area contributed by atoms with Gasteiger partial charge in [-0.1, -0.05) is 11.6 Å². The Morgan fingerprint density at radius 2 is 1.91 bits per heavy atom. The molecule has 1 atom stereocenters. The number of nitrogens with two attached hydrogens (primary N) is 1. The number of amidine groups is 1. The number of ether oxygens (including phenoxy) is 2. The highest BCUT2D eigenvalue weighted by atomic mass is 35.5. The number of H-pyrrole nitrogens is 1. The summed E-state index contributed by atoms with van der Waals surface area (Å²) in [5.74, 6) is 0.518. The number of nitrogens with zero attached hydrogens (tertiary/aromatic N) is 1. The molecule has 5 N–H and O–H groups in total. The van der Waals surface area contributed by atoms with Crippen molar-refractivity contribution in [3.05, 3.63) is 82.4 Å². The lowest BCUT2D eigenvalue weighted by molar-refractivity contribution is 0.228. The Kier molecular flexibility index (Phi) is 7.12. The predicted molar refractivity (Wildman–Crippen MR) is 137 cm³/mol. The molecule has 4 rings (SSSR count). The fraction of sp³-hybridized carbons (Fsp3) is 0.231. The van der Waals surface area contributed by atoms with Gasteiger partial charge in [0.25, 0.3) is 0 Å². The molecule has 9 heteroatoms. The second-order valence-electron chi connectivity index (χ2n) is 8.28. The second-order valence-corrected chi connectivity index (χ2v) is 8.71. The average molecular weight is 496 g/mol. The zero-order valence-electron chi connectivity index (χ0n) is 19.7. The average Bonchev–Trinajstić information content (AvgIpc) is 3.22. The predicted octanol–water partition coefficient (Wildman–Crippen LogP) is 6.03. The van der Waals surface area contributed by atoms with Gasteiger partial charge in [-0.3, -0.25) is 5.41 Å². The maximum atomic E-state index is 15.9. The standard InChI is InChI=1S/C26H27ClFN5O2/c1-4-34-18-12-19(23(28)22(13-18)35-14(2)3)24(31-17-8-5-15(6-9-17)25(29)30)26-32-20-10-7-16(27)11-21(20)33-26/h5-14,24,31H,4H2,1-3H3,(H3,29,30)(H,32,33). The van der Waals surface area contributed by atoms with Crippen LogP contribution in [0.1, 0.15) is 43.8 Å². The smallest absolute Gasteiger partial charge is 0.171 e. The zero-order valence-corrected chi connectivity index (χ0v) is 20.4. The molecule has 1 aromatic heterocycles. The van der Waals surface area contributed by atoms with Crippen molar-refractivity contribution in [2.75, 3.05) is 11.9 Å². The van der Waals surface area contributed by atoms with E-state index in [1.54, 1.807) is 54.6 Å². The van der Waals surface area contributed by atoms with Gasteiger partial charge in [0, 0.05) is 27.9 Å². The Morgan fingerprint density at radius 3 is 2.57 bits per heavy atom. The molecule has 0 saturated carbocycles. The summed E-state index contributed by atoms with van der Waals surface area (Å²) in [5, 5.41) is 11.5. The van der Waals surface area contributed by atoms with Gasteiger partial charge >= 0.3 is 0 Å². The molecule has 0 amide bonds. The number of nitrogens with one attached hydrogen (secondary N) is 3. The third-order valence-electron chi connectivity index (χ3n) is 5.27. The normalized spacial score (nSPS) is 12.1. The van der Waals surface area contributed by atoms with Crippen molar-refractivity contribution >= 4 is 34.2 Å². The number of imidazole rings is 1. The molecule has 0 radical (unpaired) electrons. The van der Waals surface area contributed by atoms with E-state index in [0.717, 1.165) is 5.52 Å². The molecular formula is C26H27ClFN5O2. The van der Waals surface area contributed by atoms with Gasteiger partial charge in [-0.25, -0.2) is 9.37 Å². The van der Waals surface area contributed by atoms with E-state index < -0.39 is 11.9 Å². The largest absolute Gasteiger partial charge is 0.494 e. The maximum absolute atomic E-state index is 15.9. The summed E-state index contributed by atoms with van der Waals surface area (Å²) in [5.41, 5.74) is 8.58. The monoisotopic (exact) mass is 495 g/mol. The van der Waals surface area contributed by atoms with Crippen molar-refractivity contribution < 1.29 is 13.9 Å². The highest BCUT2D eigenvalue weighted by Crippen LogP contribution is 2.36. The number of aromatic amines is 1. The first kappa shape index (κ1) is 24.3. The number of hydrogen-bond donors (Lipinski definition) is 4. The van der Waals surface area contributed by atoms with E-state index in [1.165, 1.54) is 0 Å². The molecule has 0 saturated heterocycles. The third-order valence-corrected chi connectivity index (χ3v) is 5.50. The molecule has 1 unspecified atom stereocenters. The van der Waals surface area contributed by atoms with Crippen LogP contribution in [0.2, 0.25) is 5.02 Å². The van der Waals surface area contributed by atoms with Gasteiger partial charge in [0.1, 0.15) is 23.5 Å². The Bertz CT molecular complexity index is 1350. The van der Waals surface area contributed by atoms with Crippen LogP contribution in [-0.4, -0.2) is 28.5 Å². The van der Waals surface area contributed by atoms with Crippen molar-refractivity contribution in [3.8, 4) is 11.5 Å². The van der Waals surface area contributed by atoms with Crippen LogP contribution in [0.5, 0.6) is 11.5 Å². The Morgan fingerprint density at radius 1 is 1.17 bits per heavy atom. The fourth-order valence-corrected chi connectivity index (χ4v) is 3.91. The summed E-state index contributed by atoms with van der Waals surface area (Å²) in [4.78, 5) is 7.96. The molecule has 35 heavy (non-hydrogen) atoms. The summed E-state index contributed by atoms with van der Waals surface area (Å²) < 4.78 is 27.3. The summed E-state index contributed by atoms with van der Waals surface area (Å²) in [6.45, 7) is 5.95. The number of fused-ring (bicyclic) bond motifs is 1. The van der Waals surface area contributed by atoms with Crippen molar-refractivity contribution in [1.29, 1.82) is 5.41 Å². The van der Waals surface area contributed by atoms with Crippen LogP contribution in [0.4, 0.5) is 10.1 Å². The molecule has 0 bridgehead atoms. The van der Waals surface area contributed by atoms with Crippen LogP contribution in [0.3, 0.4) is 0 Å². The first-order chi connectivity index (χ1) is 16.7. The molecule has 0 aliphatic heterocycles. The molecule has 0 spiro atoms. The number of nitrogen functional groups attached to an aromatic ring is 1. The molecule has 1 heterocycles. The number of anilines is 1. The first-order valence-corrected chi connectivity index (χ1v) is 11.6. The van der Waals surface area contributed by atoms with Crippen LogP contribution in [0, 0.1) is 11.2 Å². The molecule has 7 nitrogen and oxygen atoms in total. The Hall–Kier alpha value is -3.78. The third kappa shape index (κ3) is 5.49. The van der Waals surface area contributed by atoms with Crippen LogP contribution >= 0.6 is 11.6 Å². The van der Waals surface area contributed by atoms with E-state index in [9.17, 15) is 0 Å². The van der Waals surface area contributed by atoms with Crippen LogP contribution < -0.4 is 20.5 Å². The highest BCUT2D eigenvalue weighted by molar-refractivity contribution is 6.31. The topological polar surface area (TPSA) is 109 Å². The Balaban J connectivity index is 1.86. The van der Waals surface area contributed by atoms with Crippen molar-refractivity contribution in [1.82, 2.24) is 9.97 Å². The highest BCUT2D eigenvalue weighted by Gasteiger charge is 2.26. The molecule has 0 aliphatic carbocycles. The number of rotatable bonds is 9. The van der Waals surface area contributed by atoms with E-state index in [1.807, 2.05) is 20.8 Å². The first-order valence-electron chi connectivity index (χ1n) is 11.2. The number of benzene rings is 3. The zero-order chi connectivity index (χ0) is 25.1. The Labute approximate surface area is 207 Å². The van der Waals surface area contributed by atoms with Crippen LogP contribution in [0.15, 0.2) is 54.6 Å². The lowest BCUT2D eigenvalue weighted by atomic mass is 10.0. The van der Waals surface area contributed by atoms with Crippen LogP contribution in [0.25, 0.3) is 11.0 Å². The SMILES string of the molecule is CCOc1cc(OC(C)C)c(F)c(C(Nc2ccc(C(=N)N)cc2)c2nc3ccc(Cl)cc3[nH]2)c1. The van der Waals surface area contributed by atoms with Crippen LogP contribution in [-0.2, 0) is 0 Å². The molecular weight excluding hydrogens is 469 g/mol. The minimum absolute atomic E-state index is 0.0341. The summed E-state index contributed by atoms with van der Waals surface area (Å²) in [7, 11) is 0. The quantitative estimate of drug-likeness (QED) is 0.167. The van der Waals surface area contributed by atoms with E-state index in [0.29, 0.717) is 45.5 Å². The van der Waals surface area contributed by atoms with Gasteiger partial charge in [0.15, 0.2) is 11.6 Å². The molecule has 0 aliphatic rings. The minimum atomic E-state index is -0.723. The van der Waals surface area contributed by atoms with Gasteiger partial charge in [0.2, 0.25) is 0 Å². The number of hydrogen-bond acceptors (Lipinski definition) is 5. The van der Waals surface area contributed by atoms with E-state index in [2.05, 4.69) is 10.3 Å². The van der Waals surface area contributed by atoms with Crippen molar-refractivity contribution in [2.45, 2.75) is 32.9 Å². The van der Waals surface area contributed by atoms with E-state index >= 15 is 4.39 Å². The fourth-order valence-electron chi connectivity index (χ4n) is 3.74. The molecule has 182 valence electrons. The summed E-state index contributed by atoms with van der Waals surface area (Å²) >= 11 is 6.16. The molecule has 4 aromatic rings. The summed E-state index contributed by atoms with van der Waals surface area (Å²) in [6, 6.07) is 14.8.